The molecule has 0 bridgehead atoms. The Hall–Kier alpha value is -2.04. The molecule has 0 aromatic heterocycles. The maximum atomic E-state index is 10.3. The molecule has 0 spiro atoms. The van der Waals surface area contributed by atoms with Crippen LogP contribution in [0.25, 0.3) is 0 Å². The van der Waals surface area contributed by atoms with Gasteiger partial charge >= 0.3 is 0 Å². The fourth-order valence-corrected chi connectivity index (χ4v) is 2.39. The topological polar surface area (TPSA) is 50.7 Å². The molecule has 1 aliphatic heterocycles. The second-order valence-electron chi connectivity index (χ2n) is 5.17. The number of rotatable bonds is 5. The summed E-state index contributed by atoms with van der Waals surface area (Å²) in [5.74, 6) is 1.43. The Labute approximate surface area is 124 Å². The van der Waals surface area contributed by atoms with E-state index in [-0.39, 0.29) is 12.8 Å². The summed E-state index contributed by atoms with van der Waals surface area (Å²) in [6.45, 7) is 2.82. The van der Waals surface area contributed by atoms with E-state index in [0.717, 1.165) is 11.3 Å². The molecule has 2 atom stereocenters. The Kier molecular flexibility index (Phi) is 4.08. The van der Waals surface area contributed by atoms with Crippen molar-refractivity contribution in [1.82, 2.24) is 5.32 Å². The van der Waals surface area contributed by atoms with Crippen LogP contribution in [0, 0.1) is 0 Å². The number of fused-ring (bicyclic) bond motifs is 1. The minimum atomic E-state index is -0.578. The number of nitrogens with one attached hydrogen (secondary N) is 1. The van der Waals surface area contributed by atoms with Crippen molar-refractivity contribution in [2.24, 2.45) is 0 Å². The smallest absolute Gasteiger partial charge is 0.231 e. The summed E-state index contributed by atoms with van der Waals surface area (Å²) in [6.07, 6.45) is -0.578. The summed E-state index contributed by atoms with van der Waals surface area (Å²) in [5, 5.41) is 13.6. The van der Waals surface area contributed by atoms with Crippen LogP contribution in [0.2, 0.25) is 0 Å². The molecule has 4 nitrogen and oxygen atoms in total. The summed E-state index contributed by atoms with van der Waals surface area (Å²) in [7, 11) is 0. The highest BCUT2D eigenvalue weighted by Crippen LogP contribution is 2.34. The van der Waals surface area contributed by atoms with E-state index in [0.29, 0.717) is 12.3 Å². The molecule has 0 amide bonds. The van der Waals surface area contributed by atoms with Gasteiger partial charge in [0.2, 0.25) is 6.79 Å². The highest BCUT2D eigenvalue weighted by molar-refractivity contribution is 5.45. The summed E-state index contributed by atoms with van der Waals surface area (Å²) < 4.78 is 10.6. The summed E-state index contributed by atoms with van der Waals surface area (Å²) in [6, 6.07) is 15.9. The summed E-state index contributed by atoms with van der Waals surface area (Å²) in [5.41, 5.74) is 2.03. The van der Waals surface area contributed by atoms with Crippen LogP contribution in [0.4, 0.5) is 0 Å². The molecule has 0 fully saturated rings. The second-order valence-corrected chi connectivity index (χ2v) is 5.17. The molecule has 21 heavy (non-hydrogen) atoms. The van der Waals surface area contributed by atoms with Crippen LogP contribution >= 0.6 is 0 Å². The van der Waals surface area contributed by atoms with Gasteiger partial charge in [-0.25, -0.2) is 0 Å². The highest BCUT2D eigenvalue weighted by Gasteiger charge is 2.17. The van der Waals surface area contributed by atoms with E-state index in [2.05, 4.69) is 24.4 Å². The van der Waals surface area contributed by atoms with Gasteiger partial charge in [0.25, 0.3) is 0 Å². The van der Waals surface area contributed by atoms with E-state index in [1.54, 1.807) is 0 Å². The van der Waals surface area contributed by atoms with E-state index in [4.69, 9.17) is 9.47 Å². The van der Waals surface area contributed by atoms with Gasteiger partial charge in [0, 0.05) is 12.6 Å². The summed E-state index contributed by atoms with van der Waals surface area (Å²) >= 11 is 0. The largest absolute Gasteiger partial charge is 0.454 e. The quantitative estimate of drug-likeness (QED) is 0.887. The van der Waals surface area contributed by atoms with Crippen LogP contribution in [-0.2, 0) is 0 Å². The fourth-order valence-electron chi connectivity index (χ4n) is 2.39. The molecule has 0 saturated heterocycles. The van der Waals surface area contributed by atoms with Crippen LogP contribution in [0.5, 0.6) is 11.5 Å². The molecule has 0 saturated carbocycles. The number of aliphatic hydroxyl groups is 1. The Morgan fingerprint density at radius 2 is 1.81 bits per heavy atom. The minimum absolute atomic E-state index is 0.190. The lowest BCUT2D eigenvalue weighted by atomic mass is 10.1. The van der Waals surface area contributed by atoms with Crippen molar-refractivity contribution >= 4 is 0 Å². The van der Waals surface area contributed by atoms with E-state index >= 15 is 0 Å². The first-order valence-electron chi connectivity index (χ1n) is 7.10. The maximum Gasteiger partial charge on any atom is 0.231 e. The first-order chi connectivity index (χ1) is 10.2. The highest BCUT2D eigenvalue weighted by atomic mass is 16.7. The molecule has 2 N–H and O–H groups in total. The molecule has 3 rings (SSSR count). The monoisotopic (exact) mass is 285 g/mol. The van der Waals surface area contributed by atoms with E-state index in [1.165, 1.54) is 5.56 Å². The van der Waals surface area contributed by atoms with E-state index < -0.39 is 6.10 Å². The number of aliphatic hydroxyl groups excluding tert-OH is 1. The van der Waals surface area contributed by atoms with Crippen LogP contribution < -0.4 is 14.8 Å². The average molecular weight is 285 g/mol. The average Bonchev–Trinajstić information content (AvgIpc) is 3.00. The molecule has 0 unspecified atom stereocenters. The maximum absolute atomic E-state index is 10.3. The normalized spacial score (nSPS) is 15.7. The Morgan fingerprint density at radius 1 is 1.05 bits per heavy atom. The summed E-state index contributed by atoms with van der Waals surface area (Å²) in [4.78, 5) is 0. The molecule has 110 valence electrons. The van der Waals surface area contributed by atoms with Crippen LogP contribution in [0.15, 0.2) is 48.5 Å². The van der Waals surface area contributed by atoms with E-state index in [1.807, 2.05) is 36.4 Å². The molecule has 0 aliphatic carbocycles. The molecule has 2 aromatic rings. The minimum Gasteiger partial charge on any atom is -0.454 e. The van der Waals surface area contributed by atoms with Gasteiger partial charge in [-0.15, -0.1) is 0 Å². The Morgan fingerprint density at radius 3 is 2.62 bits per heavy atom. The van der Waals surface area contributed by atoms with Crippen molar-refractivity contribution in [3.05, 3.63) is 59.7 Å². The van der Waals surface area contributed by atoms with Gasteiger partial charge in [0.15, 0.2) is 11.5 Å². The van der Waals surface area contributed by atoms with Gasteiger partial charge < -0.3 is 19.9 Å². The van der Waals surface area contributed by atoms with Crippen LogP contribution in [0.3, 0.4) is 0 Å². The van der Waals surface area contributed by atoms with Crippen molar-refractivity contribution in [3.8, 4) is 11.5 Å². The Bertz CT molecular complexity index is 600. The third-order valence-corrected chi connectivity index (χ3v) is 3.70. The standard InChI is InChI=1S/C17H19NO3/c1-12(13-5-3-2-4-6-13)18-10-15(19)14-7-8-16-17(9-14)21-11-20-16/h2-9,12,15,18-19H,10-11H2,1H3/t12-,15-/m1/s1. The van der Waals surface area contributed by atoms with Gasteiger partial charge in [-0.3, -0.25) is 0 Å². The molecular formula is C17H19NO3. The van der Waals surface area contributed by atoms with Gasteiger partial charge in [-0.1, -0.05) is 36.4 Å². The lowest BCUT2D eigenvalue weighted by Crippen LogP contribution is -2.24. The fraction of sp³-hybridized carbons (Fsp3) is 0.294. The molecule has 1 heterocycles. The number of hydrogen-bond acceptors (Lipinski definition) is 4. The van der Waals surface area contributed by atoms with Gasteiger partial charge in [-0.05, 0) is 30.2 Å². The third-order valence-electron chi connectivity index (χ3n) is 3.70. The van der Waals surface area contributed by atoms with Gasteiger partial charge in [-0.2, -0.15) is 0 Å². The Balaban J connectivity index is 1.60. The zero-order valence-electron chi connectivity index (χ0n) is 12.0. The number of benzene rings is 2. The van der Waals surface area contributed by atoms with Crippen molar-refractivity contribution < 1.29 is 14.6 Å². The third kappa shape index (κ3) is 3.17. The van der Waals surface area contributed by atoms with Crippen molar-refractivity contribution in [3.63, 3.8) is 0 Å². The lowest BCUT2D eigenvalue weighted by molar-refractivity contribution is 0.168. The van der Waals surface area contributed by atoms with Gasteiger partial charge in [0.1, 0.15) is 0 Å². The van der Waals surface area contributed by atoms with Crippen LogP contribution in [0.1, 0.15) is 30.2 Å². The second kappa shape index (κ2) is 6.16. The first-order valence-corrected chi connectivity index (χ1v) is 7.10. The zero-order valence-corrected chi connectivity index (χ0v) is 12.0. The molecule has 0 radical (unpaired) electrons. The SMILES string of the molecule is C[C@@H](NC[C@@H](O)c1ccc2c(c1)OCO2)c1ccccc1. The number of ether oxygens (including phenoxy) is 2. The van der Waals surface area contributed by atoms with Crippen molar-refractivity contribution in [2.75, 3.05) is 13.3 Å². The van der Waals surface area contributed by atoms with Crippen molar-refractivity contribution in [2.45, 2.75) is 19.1 Å². The predicted molar refractivity (Wildman–Crippen MR) is 80.4 cm³/mol. The number of hydrogen-bond donors (Lipinski definition) is 2. The molecular weight excluding hydrogens is 266 g/mol. The molecule has 2 aromatic carbocycles. The molecule has 4 heteroatoms. The zero-order chi connectivity index (χ0) is 14.7. The first kappa shape index (κ1) is 13.9. The van der Waals surface area contributed by atoms with Crippen LogP contribution in [-0.4, -0.2) is 18.4 Å². The van der Waals surface area contributed by atoms with Gasteiger partial charge in [0.05, 0.1) is 6.10 Å². The van der Waals surface area contributed by atoms with E-state index in [9.17, 15) is 5.11 Å². The lowest BCUT2D eigenvalue weighted by Gasteiger charge is -2.18. The van der Waals surface area contributed by atoms with Crippen molar-refractivity contribution in [1.29, 1.82) is 0 Å². The predicted octanol–water partition coefficient (Wildman–Crippen LogP) is 2.80. The molecule has 1 aliphatic rings.